The van der Waals surface area contributed by atoms with E-state index in [-0.39, 0.29) is 36.1 Å². The molecule has 0 N–H and O–H groups in total. The fourth-order valence-electron chi connectivity index (χ4n) is 4.79. The average molecular weight is 530 g/mol. The van der Waals surface area contributed by atoms with Crippen LogP contribution < -0.4 is 0 Å². The number of amidine groups is 1. The first kappa shape index (κ1) is 26.9. The van der Waals surface area contributed by atoms with Gasteiger partial charge in [0.1, 0.15) is 5.82 Å². The molecule has 0 aliphatic carbocycles. The molecule has 0 bridgehead atoms. The SMILES string of the molecule is CCOC(=O)[C@H]1CCCN(C(=O)CC2=CSC3=NC(C)=C(C(=O)OC(C)C)[C@H](c4ccc(F)cc4)N23)C1. The van der Waals surface area contributed by atoms with Gasteiger partial charge in [-0.25, -0.2) is 14.2 Å². The van der Waals surface area contributed by atoms with Crippen LogP contribution in [0.2, 0.25) is 0 Å². The maximum atomic E-state index is 13.8. The Morgan fingerprint density at radius 3 is 2.62 bits per heavy atom. The Labute approximate surface area is 220 Å². The van der Waals surface area contributed by atoms with E-state index < -0.39 is 12.0 Å². The fourth-order valence-corrected chi connectivity index (χ4v) is 5.76. The number of rotatable bonds is 7. The molecule has 1 aromatic carbocycles. The molecule has 3 aliphatic rings. The number of carbonyl (C=O) groups excluding carboxylic acids is 3. The summed E-state index contributed by atoms with van der Waals surface area (Å²) in [6.07, 6.45) is 1.17. The highest BCUT2D eigenvalue weighted by molar-refractivity contribution is 8.16. The minimum atomic E-state index is -0.623. The van der Waals surface area contributed by atoms with E-state index in [4.69, 9.17) is 9.47 Å². The van der Waals surface area contributed by atoms with Crippen molar-refractivity contribution in [1.29, 1.82) is 0 Å². The lowest BCUT2D eigenvalue weighted by Crippen LogP contribution is -2.44. The molecule has 1 fully saturated rings. The molecule has 10 heteroatoms. The van der Waals surface area contributed by atoms with Gasteiger partial charge in [0.05, 0.1) is 42.4 Å². The predicted octanol–water partition coefficient (Wildman–Crippen LogP) is 4.54. The van der Waals surface area contributed by atoms with Gasteiger partial charge < -0.3 is 19.3 Å². The third-order valence-electron chi connectivity index (χ3n) is 6.48. The first-order chi connectivity index (χ1) is 17.7. The van der Waals surface area contributed by atoms with Gasteiger partial charge in [0, 0.05) is 18.8 Å². The van der Waals surface area contributed by atoms with Crippen molar-refractivity contribution in [2.75, 3.05) is 19.7 Å². The van der Waals surface area contributed by atoms with Gasteiger partial charge >= 0.3 is 11.9 Å². The Bertz CT molecular complexity index is 1160. The van der Waals surface area contributed by atoms with E-state index in [0.717, 1.165) is 6.42 Å². The predicted molar refractivity (Wildman–Crippen MR) is 139 cm³/mol. The average Bonchev–Trinajstić information content (AvgIpc) is 3.25. The molecule has 0 aromatic heterocycles. The summed E-state index contributed by atoms with van der Waals surface area (Å²) in [6.45, 7) is 8.28. The second-order valence-corrected chi connectivity index (χ2v) is 10.3. The smallest absolute Gasteiger partial charge is 0.338 e. The summed E-state index contributed by atoms with van der Waals surface area (Å²) in [6, 6.07) is 5.35. The van der Waals surface area contributed by atoms with Crippen molar-refractivity contribution >= 4 is 34.8 Å². The van der Waals surface area contributed by atoms with Crippen LogP contribution in [0.3, 0.4) is 0 Å². The van der Waals surface area contributed by atoms with Gasteiger partial charge in [-0.3, -0.25) is 9.59 Å². The standard InChI is InChI=1S/C27H32FN3O5S/c1-5-35-25(33)19-7-6-12-30(14-19)22(32)13-21-15-37-27-29-17(4)23(26(34)36-16(2)3)24(31(21)27)18-8-10-20(28)11-9-18/h8-11,15-16,19,24H,5-7,12-14H2,1-4H3/t19-,24-/m0/s1. The number of nitrogens with zero attached hydrogens (tertiary/aromatic N) is 3. The van der Waals surface area contributed by atoms with Crippen molar-refractivity contribution in [2.24, 2.45) is 10.9 Å². The molecule has 1 aromatic rings. The second-order valence-electron chi connectivity index (χ2n) is 9.51. The van der Waals surface area contributed by atoms with E-state index in [0.29, 0.717) is 53.8 Å². The summed E-state index contributed by atoms with van der Waals surface area (Å²) in [5.74, 6) is -1.60. The topological polar surface area (TPSA) is 88.5 Å². The highest BCUT2D eigenvalue weighted by Gasteiger charge is 2.42. The number of allylic oxidation sites excluding steroid dienone is 1. The molecule has 0 spiro atoms. The number of piperidine rings is 1. The molecule has 198 valence electrons. The minimum absolute atomic E-state index is 0.0742. The second kappa shape index (κ2) is 11.5. The molecular weight excluding hydrogens is 497 g/mol. The lowest BCUT2D eigenvalue weighted by atomic mass is 9.93. The van der Waals surface area contributed by atoms with Crippen molar-refractivity contribution in [3.05, 3.63) is 58.0 Å². The quantitative estimate of drug-likeness (QED) is 0.479. The normalized spacial score (nSPS) is 21.5. The summed E-state index contributed by atoms with van der Waals surface area (Å²) in [7, 11) is 0. The third-order valence-corrected chi connectivity index (χ3v) is 7.36. The highest BCUT2D eigenvalue weighted by atomic mass is 32.2. The first-order valence-electron chi connectivity index (χ1n) is 12.5. The molecule has 0 radical (unpaired) electrons. The molecule has 0 saturated carbocycles. The number of aliphatic imine (C=N–C) groups is 1. The Hall–Kier alpha value is -3.14. The van der Waals surface area contributed by atoms with E-state index in [1.807, 2.05) is 10.3 Å². The fraction of sp³-hybridized carbons (Fsp3) is 0.481. The lowest BCUT2D eigenvalue weighted by Gasteiger charge is -2.37. The summed E-state index contributed by atoms with van der Waals surface area (Å²) in [5, 5.41) is 2.50. The van der Waals surface area contributed by atoms with Crippen LogP contribution in [0.4, 0.5) is 4.39 Å². The van der Waals surface area contributed by atoms with E-state index in [1.165, 1.54) is 23.9 Å². The van der Waals surface area contributed by atoms with Gasteiger partial charge in [-0.05, 0) is 63.6 Å². The third kappa shape index (κ3) is 5.89. The van der Waals surface area contributed by atoms with Crippen LogP contribution in [0.25, 0.3) is 0 Å². The Balaban J connectivity index is 1.60. The van der Waals surface area contributed by atoms with Gasteiger partial charge in [-0.1, -0.05) is 23.9 Å². The van der Waals surface area contributed by atoms with E-state index in [1.54, 1.807) is 44.7 Å². The zero-order valence-corrected chi connectivity index (χ0v) is 22.3. The molecular formula is C27H32FN3O5S. The maximum Gasteiger partial charge on any atom is 0.338 e. The Kier molecular flexibility index (Phi) is 8.36. The van der Waals surface area contributed by atoms with E-state index >= 15 is 0 Å². The highest BCUT2D eigenvalue weighted by Crippen LogP contribution is 2.45. The number of ether oxygens (including phenoxy) is 2. The Morgan fingerprint density at radius 2 is 1.95 bits per heavy atom. The number of hydrogen-bond acceptors (Lipinski definition) is 8. The van der Waals surface area contributed by atoms with Crippen molar-refractivity contribution in [3.8, 4) is 0 Å². The number of likely N-dealkylation sites (tertiary alicyclic amines) is 1. The van der Waals surface area contributed by atoms with Crippen molar-refractivity contribution in [3.63, 3.8) is 0 Å². The van der Waals surface area contributed by atoms with Crippen LogP contribution in [0.1, 0.15) is 58.6 Å². The minimum Gasteiger partial charge on any atom is -0.466 e. The number of esters is 2. The molecule has 3 aliphatic heterocycles. The molecule has 4 rings (SSSR count). The summed E-state index contributed by atoms with van der Waals surface area (Å²) < 4.78 is 24.5. The van der Waals surface area contributed by atoms with Crippen LogP contribution in [-0.4, -0.2) is 58.6 Å². The zero-order valence-electron chi connectivity index (χ0n) is 21.5. The number of fused-ring (bicyclic) bond motifs is 1. The summed E-state index contributed by atoms with van der Waals surface area (Å²) in [5.41, 5.74) is 2.24. The number of thioether (sulfide) groups is 1. The molecule has 1 saturated heterocycles. The van der Waals surface area contributed by atoms with Crippen molar-refractivity contribution < 1.29 is 28.2 Å². The largest absolute Gasteiger partial charge is 0.466 e. The maximum absolute atomic E-state index is 13.8. The van der Waals surface area contributed by atoms with Crippen LogP contribution >= 0.6 is 11.8 Å². The van der Waals surface area contributed by atoms with Crippen molar-refractivity contribution in [2.45, 2.75) is 59.1 Å². The van der Waals surface area contributed by atoms with Crippen LogP contribution in [0.15, 0.2) is 51.6 Å². The van der Waals surface area contributed by atoms with Crippen LogP contribution in [0, 0.1) is 11.7 Å². The van der Waals surface area contributed by atoms with Crippen LogP contribution in [-0.2, 0) is 23.9 Å². The monoisotopic (exact) mass is 529 g/mol. The Morgan fingerprint density at radius 1 is 1.22 bits per heavy atom. The number of carbonyl (C=O) groups is 3. The van der Waals surface area contributed by atoms with E-state index in [9.17, 15) is 18.8 Å². The lowest BCUT2D eigenvalue weighted by molar-refractivity contribution is -0.151. The number of benzene rings is 1. The first-order valence-corrected chi connectivity index (χ1v) is 13.4. The van der Waals surface area contributed by atoms with Crippen LogP contribution in [0.5, 0.6) is 0 Å². The number of hydrogen-bond donors (Lipinski definition) is 0. The molecule has 0 unspecified atom stereocenters. The molecule has 3 heterocycles. The molecule has 1 amide bonds. The van der Waals surface area contributed by atoms with Crippen molar-refractivity contribution in [1.82, 2.24) is 9.80 Å². The molecule has 2 atom stereocenters. The van der Waals surface area contributed by atoms with Gasteiger partial charge in [0.25, 0.3) is 0 Å². The van der Waals surface area contributed by atoms with E-state index in [2.05, 4.69) is 4.99 Å². The van der Waals surface area contributed by atoms with Gasteiger partial charge in [-0.15, -0.1) is 0 Å². The van der Waals surface area contributed by atoms with Gasteiger partial charge in [0.15, 0.2) is 5.17 Å². The zero-order chi connectivity index (χ0) is 26.7. The number of halogens is 1. The summed E-state index contributed by atoms with van der Waals surface area (Å²) >= 11 is 1.38. The number of amides is 1. The van der Waals surface area contributed by atoms with Gasteiger partial charge in [-0.2, -0.15) is 0 Å². The summed E-state index contributed by atoms with van der Waals surface area (Å²) in [4.78, 5) is 47.0. The molecule has 8 nitrogen and oxygen atoms in total. The van der Waals surface area contributed by atoms with Gasteiger partial charge in [0.2, 0.25) is 5.91 Å². The molecule has 37 heavy (non-hydrogen) atoms.